The molecular weight excluding hydrogens is 220 g/mol. The Kier molecular flexibility index (Phi) is 4.52. The van der Waals surface area contributed by atoms with Crippen molar-refractivity contribution in [1.29, 1.82) is 0 Å². The lowest BCUT2D eigenvalue weighted by Gasteiger charge is -2.10. The van der Waals surface area contributed by atoms with Crippen molar-refractivity contribution >= 4 is 5.78 Å². The van der Waals surface area contributed by atoms with Crippen LogP contribution in [-0.4, -0.2) is 5.78 Å². The highest BCUT2D eigenvalue weighted by molar-refractivity contribution is 5.98. The molecule has 0 amide bonds. The zero-order chi connectivity index (χ0) is 12.8. The van der Waals surface area contributed by atoms with E-state index in [1.807, 2.05) is 43.3 Å². The average molecular weight is 240 g/mol. The average Bonchev–Trinajstić information content (AvgIpc) is 2.46. The van der Waals surface area contributed by atoms with Crippen molar-refractivity contribution in [3.63, 3.8) is 0 Å². The fraction of sp³-hybridized carbons (Fsp3) is 0.353. The topological polar surface area (TPSA) is 17.1 Å². The molecule has 0 saturated carbocycles. The summed E-state index contributed by atoms with van der Waals surface area (Å²) in [5.41, 5.74) is 2.18. The van der Waals surface area contributed by atoms with Crippen LogP contribution in [0.25, 0.3) is 0 Å². The maximum atomic E-state index is 12.1. The van der Waals surface area contributed by atoms with Crippen molar-refractivity contribution in [2.24, 2.45) is 5.92 Å². The highest BCUT2D eigenvalue weighted by Crippen LogP contribution is 2.19. The molecule has 18 heavy (non-hydrogen) atoms. The standard InChI is InChI=1S/C17H20O/c1-14(12-13-15-8-4-2-5-9-15)17(18)16-10-6-3-7-11-16/h3,6-8,10-14H,2,4-5,9H2,1H3/b13-12+/t14-/m1/s1. The second-order valence-electron chi connectivity index (χ2n) is 4.90. The maximum Gasteiger partial charge on any atom is 0.169 e. The third-order valence-corrected chi connectivity index (χ3v) is 3.40. The third-order valence-electron chi connectivity index (χ3n) is 3.40. The molecule has 0 unspecified atom stereocenters. The maximum absolute atomic E-state index is 12.1. The molecule has 0 heterocycles. The lowest BCUT2D eigenvalue weighted by Crippen LogP contribution is -2.08. The van der Waals surface area contributed by atoms with Gasteiger partial charge < -0.3 is 0 Å². The van der Waals surface area contributed by atoms with E-state index in [-0.39, 0.29) is 11.7 Å². The minimum absolute atomic E-state index is 0.0461. The first-order chi connectivity index (χ1) is 8.77. The smallest absolute Gasteiger partial charge is 0.169 e. The Morgan fingerprint density at radius 1 is 1.22 bits per heavy atom. The summed E-state index contributed by atoms with van der Waals surface area (Å²) in [6, 6.07) is 9.52. The summed E-state index contributed by atoms with van der Waals surface area (Å²) in [6.45, 7) is 1.97. The van der Waals surface area contributed by atoms with Crippen LogP contribution in [0, 0.1) is 5.92 Å². The molecule has 0 fully saturated rings. The summed E-state index contributed by atoms with van der Waals surface area (Å²) in [7, 11) is 0. The lowest BCUT2D eigenvalue weighted by molar-refractivity contribution is 0.0953. The van der Waals surface area contributed by atoms with Crippen LogP contribution in [0.2, 0.25) is 0 Å². The van der Waals surface area contributed by atoms with E-state index in [1.165, 1.54) is 24.8 Å². The third kappa shape index (κ3) is 3.43. The van der Waals surface area contributed by atoms with E-state index in [0.29, 0.717) is 0 Å². The minimum atomic E-state index is -0.0461. The fourth-order valence-electron chi connectivity index (χ4n) is 2.23. The molecule has 1 nitrogen and oxygen atoms in total. The Balaban J connectivity index is 1.99. The molecule has 0 N–H and O–H groups in total. The summed E-state index contributed by atoms with van der Waals surface area (Å²) in [6.07, 6.45) is 11.4. The van der Waals surface area contributed by atoms with Crippen molar-refractivity contribution in [1.82, 2.24) is 0 Å². The second kappa shape index (κ2) is 6.34. The van der Waals surface area contributed by atoms with Crippen LogP contribution in [0.1, 0.15) is 43.0 Å². The molecule has 0 radical (unpaired) electrons. The summed E-state index contributed by atoms with van der Waals surface area (Å²) in [5, 5.41) is 0. The number of benzene rings is 1. The summed E-state index contributed by atoms with van der Waals surface area (Å²) >= 11 is 0. The van der Waals surface area contributed by atoms with Crippen LogP contribution in [0.4, 0.5) is 0 Å². The number of hydrogen-bond donors (Lipinski definition) is 0. The van der Waals surface area contributed by atoms with Gasteiger partial charge in [0, 0.05) is 11.5 Å². The van der Waals surface area contributed by atoms with Crippen molar-refractivity contribution < 1.29 is 4.79 Å². The summed E-state index contributed by atoms with van der Waals surface area (Å²) < 4.78 is 0. The first kappa shape index (κ1) is 12.8. The van der Waals surface area contributed by atoms with E-state index in [0.717, 1.165) is 12.0 Å². The molecular formula is C17H20O. The summed E-state index contributed by atoms with van der Waals surface area (Å²) in [5.74, 6) is 0.151. The monoisotopic (exact) mass is 240 g/mol. The van der Waals surface area contributed by atoms with Gasteiger partial charge in [-0.1, -0.05) is 61.1 Å². The van der Waals surface area contributed by atoms with Gasteiger partial charge in [0.25, 0.3) is 0 Å². The van der Waals surface area contributed by atoms with Gasteiger partial charge in [-0.2, -0.15) is 0 Å². The number of rotatable bonds is 4. The van der Waals surface area contributed by atoms with Gasteiger partial charge >= 0.3 is 0 Å². The molecule has 1 atom stereocenters. The highest BCUT2D eigenvalue weighted by atomic mass is 16.1. The van der Waals surface area contributed by atoms with Crippen LogP contribution >= 0.6 is 0 Å². The van der Waals surface area contributed by atoms with Gasteiger partial charge in [0.2, 0.25) is 0 Å². The number of carbonyl (C=O) groups is 1. The number of ketones is 1. The Morgan fingerprint density at radius 3 is 2.67 bits per heavy atom. The molecule has 0 bridgehead atoms. The van der Waals surface area contributed by atoms with Crippen molar-refractivity contribution in [2.75, 3.05) is 0 Å². The van der Waals surface area contributed by atoms with Gasteiger partial charge in [0.1, 0.15) is 0 Å². The van der Waals surface area contributed by atoms with Crippen LogP contribution in [0.5, 0.6) is 0 Å². The Morgan fingerprint density at radius 2 is 2.00 bits per heavy atom. The Hall–Kier alpha value is -1.63. The molecule has 1 aliphatic rings. The normalized spacial score (nSPS) is 17.5. The van der Waals surface area contributed by atoms with Gasteiger partial charge in [0.15, 0.2) is 5.78 Å². The van der Waals surface area contributed by atoms with E-state index in [4.69, 9.17) is 0 Å². The van der Waals surface area contributed by atoms with Gasteiger partial charge in [-0.05, 0) is 25.7 Å². The Labute approximate surface area is 109 Å². The van der Waals surface area contributed by atoms with Crippen LogP contribution in [0.15, 0.2) is 54.1 Å². The minimum Gasteiger partial charge on any atom is -0.294 e. The molecule has 1 aromatic rings. The molecule has 1 heteroatoms. The van der Waals surface area contributed by atoms with Crippen LogP contribution in [0.3, 0.4) is 0 Å². The van der Waals surface area contributed by atoms with E-state index in [9.17, 15) is 4.79 Å². The molecule has 0 saturated heterocycles. The van der Waals surface area contributed by atoms with Crippen molar-refractivity contribution in [3.05, 3.63) is 59.7 Å². The molecule has 1 aromatic carbocycles. The van der Waals surface area contributed by atoms with Crippen LogP contribution in [-0.2, 0) is 0 Å². The van der Waals surface area contributed by atoms with Crippen molar-refractivity contribution in [3.8, 4) is 0 Å². The molecule has 0 aromatic heterocycles. The van der Waals surface area contributed by atoms with E-state index < -0.39 is 0 Å². The van der Waals surface area contributed by atoms with Gasteiger partial charge in [-0.3, -0.25) is 4.79 Å². The predicted molar refractivity (Wildman–Crippen MR) is 75.6 cm³/mol. The lowest BCUT2D eigenvalue weighted by atomic mass is 9.95. The number of hydrogen-bond acceptors (Lipinski definition) is 1. The Bertz CT molecular complexity index is 454. The van der Waals surface area contributed by atoms with Crippen LogP contribution < -0.4 is 0 Å². The second-order valence-corrected chi connectivity index (χ2v) is 4.90. The zero-order valence-electron chi connectivity index (χ0n) is 10.9. The first-order valence-corrected chi connectivity index (χ1v) is 6.74. The summed E-state index contributed by atoms with van der Waals surface area (Å²) in [4.78, 5) is 12.1. The number of Topliss-reactive ketones (excluding diaryl/α,β-unsaturated/α-hetero) is 1. The quantitative estimate of drug-likeness (QED) is 0.705. The van der Waals surface area contributed by atoms with E-state index >= 15 is 0 Å². The van der Waals surface area contributed by atoms with E-state index in [2.05, 4.69) is 12.2 Å². The molecule has 2 rings (SSSR count). The number of carbonyl (C=O) groups excluding carboxylic acids is 1. The van der Waals surface area contributed by atoms with Crippen molar-refractivity contribution in [2.45, 2.75) is 32.6 Å². The molecule has 0 spiro atoms. The van der Waals surface area contributed by atoms with Gasteiger partial charge in [-0.25, -0.2) is 0 Å². The van der Waals surface area contributed by atoms with Gasteiger partial charge in [0.05, 0.1) is 0 Å². The molecule has 94 valence electrons. The molecule has 1 aliphatic carbocycles. The number of allylic oxidation sites excluding steroid dienone is 4. The zero-order valence-corrected chi connectivity index (χ0v) is 10.9. The highest BCUT2D eigenvalue weighted by Gasteiger charge is 2.11. The van der Waals surface area contributed by atoms with E-state index in [1.54, 1.807) is 0 Å². The van der Waals surface area contributed by atoms with Gasteiger partial charge in [-0.15, -0.1) is 0 Å². The molecule has 0 aliphatic heterocycles. The fourth-order valence-corrected chi connectivity index (χ4v) is 2.23. The predicted octanol–water partition coefficient (Wildman–Crippen LogP) is 4.56. The SMILES string of the molecule is C[C@H](/C=C/C1=CCCCC1)C(=O)c1ccccc1. The largest absolute Gasteiger partial charge is 0.294 e. The first-order valence-electron chi connectivity index (χ1n) is 6.74.